The van der Waals surface area contributed by atoms with E-state index in [0.29, 0.717) is 19.8 Å². The van der Waals surface area contributed by atoms with Gasteiger partial charge in [-0.2, -0.15) is 13.2 Å². The Bertz CT molecular complexity index is 328. The Balaban J connectivity index is 2.54. The maximum absolute atomic E-state index is 12.3. The summed E-state index contributed by atoms with van der Waals surface area (Å²) in [5.41, 5.74) is -0.895. The van der Waals surface area contributed by atoms with E-state index in [1.807, 2.05) is 6.92 Å². The molecule has 0 aromatic carbocycles. The minimum atomic E-state index is -4.41. The molecule has 6 heteroatoms. The zero-order valence-corrected chi connectivity index (χ0v) is 8.84. The number of aromatic nitrogens is 1. The molecule has 1 rings (SSSR count). The Morgan fingerprint density at radius 1 is 1.38 bits per heavy atom. The lowest BCUT2D eigenvalue weighted by molar-refractivity contribution is -0.141. The van der Waals surface area contributed by atoms with Gasteiger partial charge in [-0.25, -0.2) is 4.98 Å². The van der Waals surface area contributed by atoms with E-state index >= 15 is 0 Å². The van der Waals surface area contributed by atoms with Gasteiger partial charge in [-0.15, -0.1) is 0 Å². The van der Waals surface area contributed by atoms with Gasteiger partial charge in [0.1, 0.15) is 11.5 Å². The van der Waals surface area contributed by atoms with Gasteiger partial charge in [-0.05, 0) is 19.1 Å². The number of anilines is 1. The average molecular weight is 234 g/mol. The number of nitrogens with zero attached hydrogens (tertiary/aromatic N) is 1. The molecule has 0 spiro atoms. The highest BCUT2D eigenvalue weighted by Gasteiger charge is 2.32. The van der Waals surface area contributed by atoms with E-state index in [9.17, 15) is 13.2 Å². The summed E-state index contributed by atoms with van der Waals surface area (Å²) in [7, 11) is 0. The van der Waals surface area contributed by atoms with E-state index in [2.05, 4.69) is 10.3 Å². The molecule has 0 aliphatic carbocycles. The van der Waals surface area contributed by atoms with Crippen LogP contribution in [0.25, 0.3) is 0 Å². The van der Waals surface area contributed by atoms with Crippen LogP contribution in [0.4, 0.5) is 19.0 Å². The molecule has 1 aromatic rings. The van der Waals surface area contributed by atoms with Gasteiger partial charge in [0.15, 0.2) is 0 Å². The molecule has 0 aliphatic rings. The largest absolute Gasteiger partial charge is 0.433 e. The third-order valence-corrected chi connectivity index (χ3v) is 1.80. The summed E-state index contributed by atoms with van der Waals surface area (Å²) < 4.78 is 41.9. The maximum atomic E-state index is 12.3. The van der Waals surface area contributed by atoms with Gasteiger partial charge >= 0.3 is 6.18 Å². The van der Waals surface area contributed by atoms with Crippen LogP contribution in [0.3, 0.4) is 0 Å². The number of ether oxygens (including phenoxy) is 1. The summed E-state index contributed by atoms with van der Waals surface area (Å²) in [5, 5.41) is 2.76. The van der Waals surface area contributed by atoms with Gasteiger partial charge in [0.25, 0.3) is 0 Å². The Morgan fingerprint density at radius 3 is 2.75 bits per heavy atom. The molecule has 0 bridgehead atoms. The highest BCUT2D eigenvalue weighted by Crippen LogP contribution is 2.27. The van der Waals surface area contributed by atoms with Crippen LogP contribution in [0.15, 0.2) is 18.2 Å². The molecular weight excluding hydrogens is 221 g/mol. The molecule has 0 atom stereocenters. The first-order valence-electron chi connectivity index (χ1n) is 4.90. The monoisotopic (exact) mass is 234 g/mol. The summed E-state index contributed by atoms with van der Waals surface area (Å²) in [6, 6.07) is 3.74. The van der Waals surface area contributed by atoms with Crippen LogP contribution in [0.5, 0.6) is 0 Å². The summed E-state index contributed by atoms with van der Waals surface area (Å²) >= 11 is 0. The van der Waals surface area contributed by atoms with Crippen molar-refractivity contribution in [3.05, 3.63) is 23.9 Å². The average Bonchev–Trinajstić information content (AvgIpc) is 2.24. The number of alkyl halides is 3. The van der Waals surface area contributed by atoms with Crippen molar-refractivity contribution in [3.8, 4) is 0 Å². The fourth-order valence-corrected chi connectivity index (χ4v) is 1.09. The number of hydrogen-bond acceptors (Lipinski definition) is 3. The van der Waals surface area contributed by atoms with Crippen molar-refractivity contribution < 1.29 is 17.9 Å². The molecular formula is C10H13F3N2O. The van der Waals surface area contributed by atoms with Crippen LogP contribution in [-0.2, 0) is 10.9 Å². The zero-order chi connectivity index (χ0) is 12.0. The molecule has 0 amide bonds. The van der Waals surface area contributed by atoms with Crippen molar-refractivity contribution in [2.45, 2.75) is 13.1 Å². The van der Waals surface area contributed by atoms with Crippen molar-refractivity contribution >= 4 is 5.82 Å². The van der Waals surface area contributed by atoms with Crippen molar-refractivity contribution in [2.75, 3.05) is 25.1 Å². The standard InChI is InChI=1S/C10H13F3N2O/c1-2-16-7-6-14-9-5-3-4-8(15-9)10(11,12)13/h3-5H,2,6-7H2,1H3,(H,14,15). The van der Waals surface area contributed by atoms with Crippen LogP contribution in [0.1, 0.15) is 12.6 Å². The van der Waals surface area contributed by atoms with E-state index in [4.69, 9.17) is 4.74 Å². The number of hydrogen-bond donors (Lipinski definition) is 1. The van der Waals surface area contributed by atoms with Crippen LogP contribution in [-0.4, -0.2) is 24.7 Å². The second kappa shape index (κ2) is 5.69. The summed E-state index contributed by atoms with van der Waals surface area (Å²) in [6.07, 6.45) is -4.41. The van der Waals surface area contributed by atoms with E-state index < -0.39 is 11.9 Å². The third-order valence-electron chi connectivity index (χ3n) is 1.80. The Morgan fingerprint density at radius 2 is 2.12 bits per heavy atom. The number of halogens is 3. The zero-order valence-electron chi connectivity index (χ0n) is 8.84. The second-order valence-electron chi connectivity index (χ2n) is 3.03. The van der Waals surface area contributed by atoms with E-state index in [-0.39, 0.29) is 5.82 Å². The number of rotatable bonds is 5. The Hall–Kier alpha value is -1.30. The second-order valence-corrected chi connectivity index (χ2v) is 3.03. The van der Waals surface area contributed by atoms with E-state index in [1.165, 1.54) is 12.1 Å². The molecule has 0 saturated carbocycles. The highest BCUT2D eigenvalue weighted by atomic mass is 19.4. The smallest absolute Gasteiger partial charge is 0.380 e. The van der Waals surface area contributed by atoms with Crippen LogP contribution < -0.4 is 5.32 Å². The molecule has 0 saturated heterocycles. The molecule has 0 unspecified atom stereocenters. The van der Waals surface area contributed by atoms with Gasteiger partial charge in [-0.3, -0.25) is 0 Å². The SMILES string of the molecule is CCOCCNc1cccc(C(F)(F)F)n1. The number of nitrogens with one attached hydrogen (secondary N) is 1. The van der Waals surface area contributed by atoms with Gasteiger partial charge < -0.3 is 10.1 Å². The predicted molar refractivity (Wildman–Crippen MR) is 54.2 cm³/mol. The lowest BCUT2D eigenvalue weighted by Crippen LogP contribution is -2.13. The van der Waals surface area contributed by atoms with Crippen LogP contribution in [0, 0.1) is 0 Å². The summed E-state index contributed by atoms with van der Waals surface area (Å²) in [6.45, 7) is 3.30. The Labute approximate surface area is 91.6 Å². The first kappa shape index (κ1) is 12.8. The lowest BCUT2D eigenvalue weighted by Gasteiger charge is -2.09. The number of pyridine rings is 1. The quantitative estimate of drug-likeness (QED) is 0.795. The van der Waals surface area contributed by atoms with E-state index in [0.717, 1.165) is 6.07 Å². The van der Waals surface area contributed by atoms with Crippen LogP contribution >= 0.6 is 0 Å². The fourth-order valence-electron chi connectivity index (χ4n) is 1.09. The molecule has 0 fully saturated rings. The van der Waals surface area contributed by atoms with Crippen molar-refractivity contribution in [1.29, 1.82) is 0 Å². The molecule has 90 valence electrons. The Kier molecular flexibility index (Phi) is 4.54. The molecule has 16 heavy (non-hydrogen) atoms. The molecule has 1 heterocycles. The third kappa shape index (κ3) is 4.06. The predicted octanol–water partition coefficient (Wildman–Crippen LogP) is 2.55. The van der Waals surface area contributed by atoms with Crippen LogP contribution in [0.2, 0.25) is 0 Å². The molecule has 0 aliphatic heterocycles. The minimum Gasteiger partial charge on any atom is -0.380 e. The molecule has 1 N–H and O–H groups in total. The van der Waals surface area contributed by atoms with Crippen molar-refractivity contribution in [2.24, 2.45) is 0 Å². The normalized spacial score (nSPS) is 11.5. The fraction of sp³-hybridized carbons (Fsp3) is 0.500. The van der Waals surface area contributed by atoms with Gasteiger partial charge in [0.05, 0.1) is 6.61 Å². The van der Waals surface area contributed by atoms with Gasteiger partial charge in [-0.1, -0.05) is 6.07 Å². The summed E-state index contributed by atoms with van der Waals surface area (Å²) in [5.74, 6) is 0.203. The van der Waals surface area contributed by atoms with Crippen molar-refractivity contribution in [3.63, 3.8) is 0 Å². The van der Waals surface area contributed by atoms with Gasteiger partial charge in [0.2, 0.25) is 0 Å². The lowest BCUT2D eigenvalue weighted by atomic mass is 10.3. The highest BCUT2D eigenvalue weighted by molar-refractivity contribution is 5.35. The molecule has 1 aromatic heterocycles. The first-order valence-corrected chi connectivity index (χ1v) is 4.90. The maximum Gasteiger partial charge on any atom is 0.433 e. The molecule has 3 nitrogen and oxygen atoms in total. The van der Waals surface area contributed by atoms with Gasteiger partial charge in [0, 0.05) is 13.2 Å². The first-order chi connectivity index (χ1) is 7.54. The summed E-state index contributed by atoms with van der Waals surface area (Å²) in [4.78, 5) is 3.45. The topological polar surface area (TPSA) is 34.1 Å². The molecule has 0 radical (unpaired) electrons. The van der Waals surface area contributed by atoms with Crippen molar-refractivity contribution in [1.82, 2.24) is 4.98 Å². The minimum absolute atomic E-state index is 0.203. The van der Waals surface area contributed by atoms with E-state index in [1.54, 1.807) is 0 Å².